The minimum Gasteiger partial charge on any atom is -0.469 e. The normalized spacial score (nSPS) is 14.7. The van der Waals surface area contributed by atoms with Gasteiger partial charge in [-0.1, -0.05) is 43.3 Å². The van der Waals surface area contributed by atoms with E-state index in [0.29, 0.717) is 25.9 Å². The van der Waals surface area contributed by atoms with E-state index in [-0.39, 0.29) is 18.0 Å². The molecule has 0 bridgehead atoms. The fourth-order valence-corrected chi connectivity index (χ4v) is 2.51. The molecule has 0 aliphatic carbocycles. The summed E-state index contributed by atoms with van der Waals surface area (Å²) < 4.78 is 10.2. The summed E-state index contributed by atoms with van der Waals surface area (Å²) in [4.78, 5) is 11.2. The molecular formula is C19H28O4. The zero-order valence-electron chi connectivity index (χ0n) is 14.2. The first-order valence-corrected chi connectivity index (χ1v) is 7.99. The van der Waals surface area contributed by atoms with Crippen LogP contribution in [0.4, 0.5) is 0 Å². The first-order valence-electron chi connectivity index (χ1n) is 7.99. The highest BCUT2D eigenvalue weighted by molar-refractivity contribution is 5.68. The average Bonchev–Trinajstić information content (AvgIpc) is 2.55. The van der Waals surface area contributed by atoms with E-state index in [1.54, 1.807) is 0 Å². The van der Waals surface area contributed by atoms with Crippen molar-refractivity contribution in [1.82, 2.24) is 0 Å². The van der Waals surface area contributed by atoms with Crippen LogP contribution in [0.25, 0.3) is 0 Å². The fourth-order valence-electron chi connectivity index (χ4n) is 2.51. The molecule has 1 N–H and O–H groups in total. The van der Waals surface area contributed by atoms with Gasteiger partial charge in [-0.2, -0.15) is 0 Å². The highest BCUT2D eigenvalue weighted by Crippen LogP contribution is 2.31. The zero-order valence-corrected chi connectivity index (χ0v) is 14.2. The summed E-state index contributed by atoms with van der Waals surface area (Å²) in [6.07, 6.45) is 3.74. The van der Waals surface area contributed by atoms with Gasteiger partial charge >= 0.3 is 5.97 Å². The third kappa shape index (κ3) is 7.95. The lowest BCUT2D eigenvalue weighted by molar-refractivity contribution is -0.140. The van der Waals surface area contributed by atoms with Gasteiger partial charge in [0, 0.05) is 6.42 Å². The molecule has 0 aliphatic heterocycles. The van der Waals surface area contributed by atoms with Crippen molar-refractivity contribution in [2.45, 2.75) is 45.3 Å². The first kappa shape index (κ1) is 19.4. The highest BCUT2D eigenvalue weighted by atomic mass is 16.5. The van der Waals surface area contributed by atoms with Crippen molar-refractivity contribution in [2.75, 3.05) is 13.7 Å². The van der Waals surface area contributed by atoms with Gasteiger partial charge in [-0.15, -0.1) is 6.58 Å². The predicted molar refractivity (Wildman–Crippen MR) is 90.9 cm³/mol. The highest BCUT2D eigenvalue weighted by Gasteiger charge is 2.24. The number of aliphatic hydroxyl groups is 1. The van der Waals surface area contributed by atoms with Crippen LogP contribution < -0.4 is 0 Å². The Kier molecular flexibility index (Phi) is 8.59. The van der Waals surface area contributed by atoms with Crippen LogP contribution in [-0.2, 0) is 20.9 Å². The molecule has 0 amide bonds. The van der Waals surface area contributed by atoms with Crippen molar-refractivity contribution in [3.63, 3.8) is 0 Å². The molecular weight excluding hydrogens is 292 g/mol. The quantitative estimate of drug-likeness (QED) is 0.501. The predicted octanol–water partition coefficient (Wildman–Crippen LogP) is 3.49. The SMILES string of the molecule is C=C[C@](C)(CCCC(=O)OC)CC(O)COCc1ccccc1. The second-order valence-electron chi connectivity index (χ2n) is 6.15. The lowest BCUT2D eigenvalue weighted by atomic mass is 9.80. The number of hydrogen-bond donors (Lipinski definition) is 1. The molecule has 0 saturated heterocycles. The van der Waals surface area contributed by atoms with Gasteiger partial charge in [-0.3, -0.25) is 4.79 Å². The summed E-state index contributed by atoms with van der Waals surface area (Å²) >= 11 is 0. The van der Waals surface area contributed by atoms with E-state index in [1.807, 2.05) is 43.3 Å². The number of rotatable bonds is 11. The summed E-state index contributed by atoms with van der Waals surface area (Å²) in [5.74, 6) is -0.205. The van der Waals surface area contributed by atoms with Crippen molar-refractivity contribution in [2.24, 2.45) is 5.41 Å². The second-order valence-corrected chi connectivity index (χ2v) is 6.15. The Morgan fingerprint density at radius 1 is 1.39 bits per heavy atom. The van der Waals surface area contributed by atoms with Crippen molar-refractivity contribution in [3.05, 3.63) is 48.6 Å². The lowest BCUT2D eigenvalue weighted by Gasteiger charge is -2.28. The van der Waals surface area contributed by atoms with Crippen molar-refractivity contribution < 1.29 is 19.4 Å². The number of aliphatic hydroxyl groups excluding tert-OH is 1. The molecule has 0 spiro atoms. The molecule has 1 aromatic carbocycles. The average molecular weight is 320 g/mol. The summed E-state index contributed by atoms with van der Waals surface area (Å²) in [7, 11) is 1.39. The Morgan fingerprint density at radius 3 is 2.70 bits per heavy atom. The summed E-state index contributed by atoms with van der Waals surface area (Å²) in [6, 6.07) is 9.87. The van der Waals surface area contributed by atoms with Gasteiger partial charge in [0.1, 0.15) is 0 Å². The maximum Gasteiger partial charge on any atom is 0.305 e. The zero-order chi connectivity index (χ0) is 17.1. The fraction of sp³-hybridized carbons (Fsp3) is 0.526. The van der Waals surface area contributed by atoms with Crippen LogP contribution in [0, 0.1) is 5.41 Å². The smallest absolute Gasteiger partial charge is 0.305 e. The van der Waals surface area contributed by atoms with Crippen LogP contribution in [-0.4, -0.2) is 30.9 Å². The van der Waals surface area contributed by atoms with E-state index in [2.05, 4.69) is 11.3 Å². The molecule has 0 heterocycles. The molecule has 0 fully saturated rings. The molecule has 0 radical (unpaired) electrons. The monoisotopic (exact) mass is 320 g/mol. The van der Waals surface area contributed by atoms with Crippen LogP contribution in [0.2, 0.25) is 0 Å². The Morgan fingerprint density at radius 2 is 2.09 bits per heavy atom. The number of carbonyl (C=O) groups excluding carboxylic acids is 1. The molecule has 2 atom stereocenters. The molecule has 1 rings (SSSR count). The molecule has 128 valence electrons. The van der Waals surface area contributed by atoms with Gasteiger partial charge in [0.2, 0.25) is 0 Å². The number of allylic oxidation sites excluding steroid dienone is 1. The Balaban J connectivity index is 2.32. The van der Waals surface area contributed by atoms with E-state index in [1.165, 1.54) is 7.11 Å². The molecule has 4 heteroatoms. The maximum atomic E-state index is 11.2. The van der Waals surface area contributed by atoms with E-state index in [0.717, 1.165) is 12.0 Å². The van der Waals surface area contributed by atoms with Crippen LogP contribution in [0.5, 0.6) is 0 Å². The van der Waals surface area contributed by atoms with E-state index >= 15 is 0 Å². The topological polar surface area (TPSA) is 55.8 Å². The van der Waals surface area contributed by atoms with Crippen LogP contribution >= 0.6 is 0 Å². The first-order chi connectivity index (χ1) is 11.0. The molecule has 1 aromatic rings. The van der Waals surface area contributed by atoms with Gasteiger partial charge in [0.15, 0.2) is 0 Å². The van der Waals surface area contributed by atoms with Gasteiger partial charge in [0.25, 0.3) is 0 Å². The number of methoxy groups -OCH3 is 1. The maximum absolute atomic E-state index is 11.2. The standard InChI is InChI=1S/C19H28O4/c1-4-19(2,12-8-11-18(21)22-3)13-17(20)15-23-14-16-9-6-5-7-10-16/h4-7,9-10,17,20H,1,8,11-15H2,2-3H3/t17?,19-/m1/s1. The number of hydrogen-bond acceptors (Lipinski definition) is 4. The van der Waals surface area contributed by atoms with Gasteiger partial charge in [0.05, 0.1) is 26.4 Å². The number of ether oxygens (including phenoxy) is 2. The Bertz CT molecular complexity index is 472. The van der Waals surface area contributed by atoms with Crippen molar-refractivity contribution >= 4 is 5.97 Å². The molecule has 1 unspecified atom stereocenters. The summed E-state index contributed by atoms with van der Waals surface area (Å²) in [5, 5.41) is 10.2. The Hall–Kier alpha value is -1.65. The molecule has 0 aliphatic rings. The molecule has 23 heavy (non-hydrogen) atoms. The summed E-state index contributed by atoms with van der Waals surface area (Å²) in [5.41, 5.74) is 0.869. The van der Waals surface area contributed by atoms with E-state index in [9.17, 15) is 9.90 Å². The second kappa shape index (κ2) is 10.2. The third-order valence-electron chi connectivity index (χ3n) is 3.97. The number of esters is 1. The van der Waals surface area contributed by atoms with Gasteiger partial charge in [-0.25, -0.2) is 0 Å². The minimum atomic E-state index is -0.556. The number of carbonyl (C=O) groups is 1. The van der Waals surface area contributed by atoms with E-state index < -0.39 is 6.10 Å². The summed E-state index contributed by atoms with van der Waals surface area (Å²) in [6.45, 7) is 6.68. The van der Waals surface area contributed by atoms with Crippen LogP contribution in [0.15, 0.2) is 43.0 Å². The lowest BCUT2D eigenvalue weighted by Crippen LogP contribution is -2.25. The Labute approximate surface area is 139 Å². The van der Waals surface area contributed by atoms with Gasteiger partial charge in [-0.05, 0) is 30.2 Å². The van der Waals surface area contributed by atoms with Crippen LogP contribution in [0.3, 0.4) is 0 Å². The third-order valence-corrected chi connectivity index (χ3v) is 3.97. The van der Waals surface area contributed by atoms with Crippen molar-refractivity contribution in [3.8, 4) is 0 Å². The minimum absolute atomic E-state index is 0.205. The number of benzene rings is 1. The molecule has 0 saturated carbocycles. The molecule has 0 aromatic heterocycles. The molecule has 4 nitrogen and oxygen atoms in total. The van der Waals surface area contributed by atoms with Crippen LogP contribution in [0.1, 0.15) is 38.2 Å². The van der Waals surface area contributed by atoms with E-state index in [4.69, 9.17) is 4.74 Å². The van der Waals surface area contributed by atoms with Crippen molar-refractivity contribution in [1.29, 1.82) is 0 Å². The van der Waals surface area contributed by atoms with Gasteiger partial charge < -0.3 is 14.6 Å². The largest absolute Gasteiger partial charge is 0.469 e.